The Bertz CT molecular complexity index is 601. The zero-order chi connectivity index (χ0) is 14.1. The second-order valence-corrected chi connectivity index (χ2v) is 5.48. The van der Waals surface area contributed by atoms with Crippen molar-refractivity contribution in [3.8, 4) is 11.5 Å². The Hall–Kier alpha value is -1.61. The molecule has 0 amide bonds. The largest absolute Gasteiger partial charge is 0.337 e. The molecule has 2 saturated heterocycles. The standard InChI is InChI=1S/C13H17N7O.ClH/c1-2-14-6-8(1)9-5-10(19-18-9)13-17-12(20-21-13)11-7-15-3-4-16-11;/h3-4,7-10,14,18-19H,1-2,5-6H2;1H. The molecule has 0 bridgehead atoms. The lowest BCUT2D eigenvalue weighted by Gasteiger charge is -2.15. The molecule has 0 saturated carbocycles. The summed E-state index contributed by atoms with van der Waals surface area (Å²) in [5, 5.41) is 7.38. The van der Waals surface area contributed by atoms with Crippen LogP contribution in [0.15, 0.2) is 23.1 Å². The first-order chi connectivity index (χ1) is 10.4. The van der Waals surface area contributed by atoms with Crippen molar-refractivity contribution in [3.05, 3.63) is 24.5 Å². The summed E-state index contributed by atoms with van der Waals surface area (Å²) in [5.74, 6) is 1.73. The molecule has 2 aliphatic rings. The molecule has 0 spiro atoms. The molecular formula is C13H18ClN7O. The SMILES string of the molecule is Cl.c1cnc(-c2noc(C3CC(C4CCNC4)NN3)n2)cn1. The van der Waals surface area contributed by atoms with Gasteiger partial charge >= 0.3 is 0 Å². The van der Waals surface area contributed by atoms with Crippen LogP contribution < -0.4 is 16.2 Å². The van der Waals surface area contributed by atoms with Gasteiger partial charge in [0, 0.05) is 18.4 Å². The number of hydrazine groups is 1. The normalized spacial score (nSPS) is 27.7. The topological polar surface area (TPSA) is 101 Å². The Labute approximate surface area is 133 Å². The van der Waals surface area contributed by atoms with E-state index >= 15 is 0 Å². The fourth-order valence-corrected chi connectivity index (χ4v) is 2.97. The van der Waals surface area contributed by atoms with Crippen LogP contribution in [0.3, 0.4) is 0 Å². The van der Waals surface area contributed by atoms with Crippen LogP contribution in [0, 0.1) is 5.92 Å². The van der Waals surface area contributed by atoms with Crippen LogP contribution >= 0.6 is 12.4 Å². The van der Waals surface area contributed by atoms with E-state index in [1.54, 1.807) is 18.6 Å². The van der Waals surface area contributed by atoms with Crippen molar-refractivity contribution in [2.24, 2.45) is 5.92 Å². The number of rotatable bonds is 3. The van der Waals surface area contributed by atoms with Gasteiger partial charge in [-0.3, -0.25) is 10.4 Å². The van der Waals surface area contributed by atoms with E-state index in [1.807, 2.05) is 0 Å². The molecule has 2 fully saturated rings. The number of hydrogen-bond donors (Lipinski definition) is 3. The molecule has 0 aliphatic carbocycles. The van der Waals surface area contributed by atoms with Crippen molar-refractivity contribution >= 4 is 12.4 Å². The molecule has 4 rings (SSSR count). The van der Waals surface area contributed by atoms with Gasteiger partial charge in [-0.1, -0.05) is 5.16 Å². The van der Waals surface area contributed by atoms with Gasteiger partial charge in [0.15, 0.2) is 0 Å². The second-order valence-electron chi connectivity index (χ2n) is 5.48. The van der Waals surface area contributed by atoms with Gasteiger partial charge in [0.25, 0.3) is 0 Å². The minimum atomic E-state index is 0. The molecule has 2 aliphatic heterocycles. The molecule has 3 unspecified atom stereocenters. The summed E-state index contributed by atoms with van der Waals surface area (Å²) >= 11 is 0. The summed E-state index contributed by atoms with van der Waals surface area (Å²) in [6.07, 6.45) is 7.02. The van der Waals surface area contributed by atoms with Gasteiger partial charge in [-0.15, -0.1) is 12.4 Å². The second kappa shape index (κ2) is 6.66. The minimum Gasteiger partial charge on any atom is -0.337 e. The first-order valence-corrected chi connectivity index (χ1v) is 7.22. The highest BCUT2D eigenvalue weighted by Gasteiger charge is 2.35. The molecule has 118 valence electrons. The molecule has 2 aromatic rings. The van der Waals surface area contributed by atoms with Crippen molar-refractivity contribution in [3.63, 3.8) is 0 Å². The molecule has 8 nitrogen and oxygen atoms in total. The predicted molar refractivity (Wildman–Crippen MR) is 81.0 cm³/mol. The fraction of sp³-hybridized carbons (Fsp3) is 0.538. The average molecular weight is 324 g/mol. The lowest BCUT2D eigenvalue weighted by molar-refractivity contribution is 0.339. The summed E-state index contributed by atoms with van der Waals surface area (Å²) in [7, 11) is 0. The number of hydrogen-bond acceptors (Lipinski definition) is 8. The van der Waals surface area contributed by atoms with Gasteiger partial charge in [0.1, 0.15) is 11.7 Å². The van der Waals surface area contributed by atoms with Gasteiger partial charge in [0.2, 0.25) is 11.7 Å². The third-order valence-electron chi connectivity index (χ3n) is 4.13. The van der Waals surface area contributed by atoms with Crippen LogP contribution in [0.5, 0.6) is 0 Å². The molecule has 22 heavy (non-hydrogen) atoms. The summed E-state index contributed by atoms with van der Waals surface area (Å²) < 4.78 is 5.37. The van der Waals surface area contributed by atoms with Crippen molar-refractivity contribution in [2.75, 3.05) is 13.1 Å². The van der Waals surface area contributed by atoms with Crippen LogP contribution in [0.25, 0.3) is 11.5 Å². The van der Waals surface area contributed by atoms with E-state index in [0.717, 1.165) is 19.5 Å². The number of nitrogens with zero attached hydrogens (tertiary/aromatic N) is 4. The monoisotopic (exact) mass is 323 g/mol. The maximum Gasteiger partial charge on any atom is 0.245 e. The van der Waals surface area contributed by atoms with E-state index in [4.69, 9.17) is 4.52 Å². The summed E-state index contributed by atoms with van der Waals surface area (Å²) in [5.41, 5.74) is 7.23. The van der Waals surface area contributed by atoms with Crippen LogP contribution in [-0.4, -0.2) is 39.2 Å². The molecule has 3 atom stereocenters. The first kappa shape index (κ1) is 15.3. The quantitative estimate of drug-likeness (QED) is 0.749. The zero-order valence-electron chi connectivity index (χ0n) is 11.9. The average Bonchev–Trinajstić information content (AvgIpc) is 3.27. The maximum absolute atomic E-state index is 5.37. The van der Waals surface area contributed by atoms with Gasteiger partial charge in [-0.2, -0.15) is 4.98 Å². The highest BCUT2D eigenvalue weighted by Crippen LogP contribution is 2.27. The van der Waals surface area contributed by atoms with Gasteiger partial charge in [-0.05, 0) is 31.8 Å². The smallest absolute Gasteiger partial charge is 0.245 e. The molecule has 0 aromatic carbocycles. The Morgan fingerprint density at radius 2 is 2.18 bits per heavy atom. The zero-order valence-corrected chi connectivity index (χ0v) is 12.7. The Balaban J connectivity index is 0.00000144. The van der Waals surface area contributed by atoms with Crippen molar-refractivity contribution < 1.29 is 4.52 Å². The first-order valence-electron chi connectivity index (χ1n) is 7.22. The molecule has 4 heterocycles. The third kappa shape index (κ3) is 2.95. The summed E-state index contributed by atoms with van der Waals surface area (Å²) in [4.78, 5) is 12.6. The van der Waals surface area contributed by atoms with Crippen molar-refractivity contribution in [1.82, 2.24) is 36.3 Å². The van der Waals surface area contributed by atoms with Crippen molar-refractivity contribution in [2.45, 2.75) is 24.9 Å². The van der Waals surface area contributed by atoms with Crippen LogP contribution in [0.4, 0.5) is 0 Å². The number of aromatic nitrogens is 4. The maximum atomic E-state index is 5.37. The van der Waals surface area contributed by atoms with E-state index < -0.39 is 0 Å². The van der Waals surface area contributed by atoms with E-state index in [9.17, 15) is 0 Å². The lowest BCUT2D eigenvalue weighted by Crippen LogP contribution is -2.36. The minimum absolute atomic E-state index is 0. The van der Waals surface area contributed by atoms with Crippen LogP contribution in [-0.2, 0) is 0 Å². The van der Waals surface area contributed by atoms with Gasteiger partial charge in [0.05, 0.1) is 6.20 Å². The van der Waals surface area contributed by atoms with E-state index in [2.05, 4.69) is 36.3 Å². The Kier molecular flexibility index (Phi) is 4.63. The van der Waals surface area contributed by atoms with E-state index in [-0.39, 0.29) is 18.4 Å². The lowest BCUT2D eigenvalue weighted by atomic mass is 9.95. The van der Waals surface area contributed by atoms with Crippen LogP contribution in [0.1, 0.15) is 24.8 Å². The molecule has 9 heteroatoms. The summed E-state index contributed by atoms with van der Waals surface area (Å²) in [6.45, 7) is 2.17. The number of halogens is 1. The van der Waals surface area contributed by atoms with E-state index in [1.165, 1.54) is 6.42 Å². The predicted octanol–water partition coefficient (Wildman–Crippen LogP) is 0.465. The fourth-order valence-electron chi connectivity index (χ4n) is 2.97. The van der Waals surface area contributed by atoms with Gasteiger partial charge in [-0.25, -0.2) is 10.4 Å². The highest BCUT2D eigenvalue weighted by molar-refractivity contribution is 5.85. The van der Waals surface area contributed by atoms with Crippen LogP contribution in [0.2, 0.25) is 0 Å². The molecule has 2 aromatic heterocycles. The summed E-state index contributed by atoms with van der Waals surface area (Å²) in [6, 6.07) is 0.491. The van der Waals surface area contributed by atoms with Crippen molar-refractivity contribution in [1.29, 1.82) is 0 Å². The Morgan fingerprint density at radius 3 is 2.95 bits per heavy atom. The third-order valence-corrected chi connectivity index (χ3v) is 4.13. The van der Waals surface area contributed by atoms with E-state index in [0.29, 0.717) is 29.4 Å². The van der Waals surface area contributed by atoms with Gasteiger partial charge < -0.3 is 9.84 Å². The number of nitrogens with one attached hydrogen (secondary N) is 3. The molecule has 0 radical (unpaired) electrons. The molecule has 3 N–H and O–H groups in total. The Morgan fingerprint density at radius 1 is 1.23 bits per heavy atom. The molecular weight excluding hydrogens is 306 g/mol. The highest BCUT2D eigenvalue weighted by atomic mass is 35.5.